The highest BCUT2D eigenvalue weighted by molar-refractivity contribution is 9.10. The largest absolute Gasteiger partial charge is 0.466 e. The molecule has 1 atom stereocenters. The molecular weight excluding hydrogens is 311 g/mol. The Morgan fingerprint density at radius 3 is 2.63 bits per heavy atom. The topological polar surface area (TPSA) is 42.4 Å². The van der Waals surface area contributed by atoms with E-state index in [-0.39, 0.29) is 11.9 Å². The molecule has 1 aromatic heterocycles. The summed E-state index contributed by atoms with van der Waals surface area (Å²) in [6, 6.07) is 8.29. The van der Waals surface area contributed by atoms with Crippen molar-refractivity contribution in [3.05, 3.63) is 52.6 Å². The van der Waals surface area contributed by atoms with E-state index in [0.29, 0.717) is 24.5 Å². The molecule has 1 heterocycles. The van der Waals surface area contributed by atoms with Gasteiger partial charge in [-0.25, -0.2) is 4.39 Å². The molecule has 0 bridgehead atoms. The number of nitrogens with zero attached hydrogens (tertiary/aromatic N) is 1. The van der Waals surface area contributed by atoms with Crippen molar-refractivity contribution >= 4 is 21.6 Å². The highest BCUT2D eigenvalue weighted by atomic mass is 79.9. The van der Waals surface area contributed by atoms with Gasteiger partial charge in [-0.05, 0) is 41.1 Å². The zero-order valence-corrected chi connectivity index (χ0v) is 12.2. The Kier molecular flexibility index (Phi) is 4.61. The Hall–Kier alpha value is -1.33. The van der Waals surface area contributed by atoms with Gasteiger partial charge < -0.3 is 15.1 Å². The number of halogens is 2. The van der Waals surface area contributed by atoms with Gasteiger partial charge in [-0.3, -0.25) is 0 Å². The van der Waals surface area contributed by atoms with E-state index in [1.807, 2.05) is 24.0 Å². The predicted molar refractivity (Wildman–Crippen MR) is 77.6 cm³/mol. The van der Waals surface area contributed by atoms with E-state index < -0.39 is 0 Å². The van der Waals surface area contributed by atoms with Crippen LogP contribution >= 0.6 is 15.9 Å². The van der Waals surface area contributed by atoms with Crippen LogP contribution in [-0.2, 0) is 0 Å². The zero-order chi connectivity index (χ0) is 13.8. The molecule has 0 aliphatic carbocycles. The van der Waals surface area contributed by atoms with Gasteiger partial charge in [0.25, 0.3) is 0 Å². The van der Waals surface area contributed by atoms with Crippen LogP contribution in [0, 0.1) is 5.82 Å². The minimum absolute atomic E-state index is 0.203. The fraction of sp³-hybridized carbons (Fsp3) is 0.286. The third-order valence-electron chi connectivity index (χ3n) is 3.05. The van der Waals surface area contributed by atoms with Gasteiger partial charge >= 0.3 is 0 Å². The van der Waals surface area contributed by atoms with Crippen LogP contribution in [0.15, 0.2) is 45.5 Å². The second-order valence-electron chi connectivity index (χ2n) is 4.12. The van der Waals surface area contributed by atoms with Crippen molar-refractivity contribution in [2.45, 2.75) is 13.0 Å². The molecule has 2 rings (SSSR count). The first kappa shape index (κ1) is 14.1. The summed E-state index contributed by atoms with van der Waals surface area (Å²) in [5, 5.41) is 0. The molecule has 5 heteroatoms. The summed E-state index contributed by atoms with van der Waals surface area (Å²) < 4.78 is 20.3. The van der Waals surface area contributed by atoms with E-state index in [4.69, 9.17) is 10.2 Å². The number of likely N-dealkylation sites (N-methyl/N-ethyl adjacent to an activating group) is 1. The fourth-order valence-electron chi connectivity index (χ4n) is 2.16. The van der Waals surface area contributed by atoms with Gasteiger partial charge in [0, 0.05) is 13.1 Å². The van der Waals surface area contributed by atoms with Gasteiger partial charge in [-0.2, -0.15) is 0 Å². The molecule has 0 spiro atoms. The van der Waals surface area contributed by atoms with Crippen LogP contribution in [0.5, 0.6) is 0 Å². The van der Waals surface area contributed by atoms with Gasteiger partial charge in [-0.1, -0.05) is 12.1 Å². The molecule has 19 heavy (non-hydrogen) atoms. The maximum absolute atomic E-state index is 13.9. The summed E-state index contributed by atoms with van der Waals surface area (Å²) in [5.74, 6) is 0.457. The molecule has 0 fully saturated rings. The third kappa shape index (κ3) is 2.82. The summed E-state index contributed by atoms with van der Waals surface area (Å²) in [5.41, 5.74) is 6.38. The Bertz CT molecular complexity index is 544. The molecule has 2 aromatic rings. The molecule has 2 N–H and O–H groups in total. The van der Waals surface area contributed by atoms with Gasteiger partial charge in [0.05, 0.1) is 16.4 Å². The van der Waals surface area contributed by atoms with Crippen LogP contribution in [0.3, 0.4) is 0 Å². The molecule has 0 saturated carbocycles. The van der Waals surface area contributed by atoms with E-state index >= 15 is 0 Å². The van der Waals surface area contributed by atoms with Gasteiger partial charge in [0.2, 0.25) is 0 Å². The lowest BCUT2D eigenvalue weighted by Crippen LogP contribution is -2.34. The second kappa shape index (κ2) is 6.21. The van der Waals surface area contributed by atoms with Crippen LogP contribution in [0.2, 0.25) is 0 Å². The average molecular weight is 327 g/mol. The number of anilines is 1. The number of furan rings is 1. The van der Waals surface area contributed by atoms with Crippen LogP contribution in [-0.4, -0.2) is 13.1 Å². The smallest absolute Gasteiger partial charge is 0.146 e. The lowest BCUT2D eigenvalue weighted by atomic mass is 10.1. The average Bonchev–Trinajstić information content (AvgIpc) is 2.83. The Labute approximate surface area is 120 Å². The zero-order valence-electron chi connectivity index (χ0n) is 10.6. The number of benzene rings is 1. The number of nitrogens with two attached hydrogens (primary N) is 1. The van der Waals surface area contributed by atoms with Crippen molar-refractivity contribution in [3.8, 4) is 0 Å². The predicted octanol–water partition coefficient (Wildman–Crippen LogP) is 3.71. The van der Waals surface area contributed by atoms with Crippen molar-refractivity contribution in [3.63, 3.8) is 0 Å². The van der Waals surface area contributed by atoms with E-state index in [9.17, 15) is 4.39 Å². The highest BCUT2D eigenvalue weighted by Crippen LogP contribution is 2.32. The Morgan fingerprint density at radius 1 is 1.37 bits per heavy atom. The summed E-state index contributed by atoms with van der Waals surface area (Å²) in [7, 11) is 0. The molecule has 102 valence electrons. The lowest BCUT2D eigenvalue weighted by Gasteiger charge is -2.31. The number of hydrogen-bond acceptors (Lipinski definition) is 3. The van der Waals surface area contributed by atoms with Crippen LogP contribution in [0.4, 0.5) is 10.1 Å². The molecular formula is C14H16BrFN2O. The molecule has 1 aromatic carbocycles. The SMILES string of the molecule is CCN(c1ccccc1F)C(CN)c1occc1Br. The highest BCUT2D eigenvalue weighted by Gasteiger charge is 2.24. The van der Waals surface area contributed by atoms with Crippen LogP contribution < -0.4 is 10.6 Å². The maximum atomic E-state index is 13.9. The summed E-state index contributed by atoms with van der Waals surface area (Å²) in [6.07, 6.45) is 1.59. The second-order valence-corrected chi connectivity index (χ2v) is 4.98. The number of rotatable bonds is 5. The van der Waals surface area contributed by atoms with Gasteiger partial charge in [0.15, 0.2) is 0 Å². The molecule has 3 nitrogen and oxygen atoms in total. The molecule has 0 aliphatic heterocycles. The van der Waals surface area contributed by atoms with Crippen LogP contribution in [0.1, 0.15) is 18.7 Å². The first-order valence-corrected chi connectivity index (χ1v) is 6.92. The Balaban J connectivity index is 2.40. The van der Waals surface area contributed by atoms with Crippen molar-refractivity contribution in [1.82, 2.24) is 0 Å². The summed E-state index contributed by atoms with van der Waals surface area (Å²) in [6.45, 7) is 2.94. The van der Waals surface area contributed by atoms with Crippen molar-refractivity contribution < 1.29 is 8.81 Å². The minimum Gasteiger partial charge on any atom is -0.466 e. The Morgan fingerprint density at radius 2 is 2.11 bits per heavy atom. The van der Waals surface area contributed by atoms with Gasteiger partial charge in [0.1, 0.15) is 17.6 Å². The lowest BCUT2D eigenvalue weighted by molar-refractivity contribution is 0.447. The molecule has 1 unspecified atom stereocenters. The first-order valence-electron chi connectivity index (χ1n) is 6.13. The molecule has 0 amide bonds. The maximum Gasteiger partial charge on any atom is 0.146 e. The van der Waals surface area contributed by atoms with E-state index in [2.05, 4.69) is 15.9 Å². The molecule has 0 saturated heterocycles. The first-order chi connectivity index (χ1) is 9.19. The van der Waals surface area contributed by atoms with Crippen molar-refractivity contribution in [2.24, 2.45) is 5.73 Å². The van der Waals surface area contributed by atoms with E-state index in [1.165, 1.54) is 6.07 Å². The molecule has 0 aliphatic rings. The monoisotopic (exact) mass is 326 g/mol. The van der Waals surface area contributed by atoms with E-state index in [0.717, 1.165) is 4.47 Å². The van der Waals surface area contributed by atoms with E-state index in [1.54, 1.807) is 18.4 Å². The van der Waals surface area contributed by atoms with Crippen molar-refractivity contribution in [1.29, 1.82) is 0 Å². The number of para-hydroxylation sites is 1. The van der Waals surface area contributed by atoms with Gasteiger partial charge in [-0.15, -0.1) is 0 Å². The quantitative estimate of drug-likeness (QED) is 0.910. The number of hydrogen-bond donors (Lipinski definition) is 1. The standard InChI is InChI=1S/C14H16BrFN2O/c1-2-18(12-6-4-3-5-11(12)16)13(9-17)14-10(15)7-8-19-14/h3-8,13H,2,9,17H2,1H3. The van der Waals surface area contributed by atoms with Crippen LogP contribution in [0.25, 0.3) is 0 Å². The minimum atomic E-state index is -0.259. The summed E-state index contributed by atoms with van der Waals surface area (Å²) in [4.78, 5) is 1.90. The molecule has 0 radical (unpaired) electrons. The normalized spacial score (nSPS) is 12.4. The third-order valence-corrected chi connectivity index (χ3v) is 3.70. The van der Waals surface area contributed by atoms with Crippen molar-refractivity contribution in [2.75, 3.05) is 18.0 Å². The summed E-state index contributed by atoms with van der Waals surface area (Å²) >= 11 is 3.43. The fourth-order valence-corrected chi connectivity index (χ4v) is 2.63.